The number of ether oxygens (including phenoxy) is 1. The summed E-state index contributed by atoms with van der Waals surface area (Å²) in [6.45, 7) is 7.96. The Kier molecular flexibility index (Phi) is 7.46. The van der Waals surface area contributed by atoms with Crippen molar-refractivity contribution < 1.29 is 17.9 Å². The zero-order valence-electron chi connectivity index (χ0n) is 16.4. The highest BCUT2D eigenvalue weighted by Crippen LogP contribution is 2.30. The molecule has 0 unspecified atom stereocenters. The van der Waals surface area contributed by atoms with Crippen LogP contribution in [0.15, 0.2) is 47.4 Å². The first-order valence-electron chi connectivity index (χ1n) is 9.06. The van der Waals surface area contributed by atoms with E-state index in [4.69, 9.17) is 16.3 Å². The number of rotatable bonds is 8. The third-order valence-corrected chi connectivity index (χ3v) is 6.27. The lowest BCUT2D eigenvalue weighted by Crippen LogP contribution is -2.30. The molecule has 28 heavy (non-hydrogen) atoms. The first-order valence-corrected chi connectivity index (χ1v) is 10.9. The zero-order chi connectivity index (χ0) is 20.9. The van der Waals surface area contributed by atoms with E-state index in [0.717, 1.165) is 0 Å². The second-order valence-corrected chi connectivity index (χ2v) is 8.75. The van der Waals surface area contributed by atoms with Crippen LogP contribution >= 0.6 is 11.6 Å². The van der Waals surface area contributed by atoms with E-state index >= 15 is 0 Å². The molecule has 0 aliphatic heterocycles. The summed E-state index contributed by atoms with van der Waals surface area (Å²) in [5.74, 6) is -0.0163. The Labute approximate surface area is 171 Å². The van der Waals surface area contributed by atoms with Gasteiger partial charge in [-0.1, -0.05) is 31.5 Å². The monoisotopic (exact) mass is 424 g/mol. The molecular formula is C20H25ClN2O4S. The van der Waals surface area contributed by atoms with E-state index < -0.39 is 15.9 Å². The highest BCUT2D eigenvalue weighted by Gasteiger charge is 2.23. The molecule has 2 aromatic rings. The lowest BCUT2D eigenvalue weighted by atomic mass is 10.2. The first-order chi connectivity index (χ1) is 13.2. The fraction of sp³-hybridized carbons (Fsp3) is 0.350. The van der Waals surface area contributed by atoms with Crippen LogP contribution in [-0.4, -0.2) is 37.8 Å². The minimum absolute atomic E-state index is 0.0914. The lowest BCUT2D eigenvalue weighted by molar-refractivity contribution is 0.102. The van der Waals surface area contributed by atoms with E-state index in [0.29, 0.717) is 29.4 Å². The molecule has 0 aromatic heterocycles. The summed E-state index contributed by atoms with van der Waals surface area (Å²) < 4.78 is 32.8. The van der Waals surface area contributed by atoms with E-state index in [-0.39, 0.29) is 16.7 Å². The molecule has 0 fully saturated rings. The fourth-order valence-electron chi connectivity index (χ4n) is 2.66. The highest BCUT2D eigenvalue weighted by molar-refractivity contribution is 7.89. The van der Waals surface area contributed by atoms with Gasteiger partial charge in [0.15, 0.2) is 0 Å². The van der Waals surface area contributed by atoms with Crippen LogP contribution in [0.25, 0.3) is 0 Å². The Morgan fingerprint density at radius 1 is 1.14 bits per heavy atom. The summed E-state index contributed by atoms with van der Waals surface area (Å²) >= 11 is 5.95. The summed E-state index contributed by atoms with van der Waals surface area (Å²) in [5.41, 5.74) is 0.645. The number of sulfonamides is 1. The van der Waals surface area contributed by atoms with Crippen LogP contribution in [0.1, 0.15) is 38.1 Å². The molecule has 0 aliphatic carbocycles. The number of nitrogens with zero attached hydrogens (tertiary/aromatic N) is 1. The van der Waals surface area contributed by atoms with Gasteiger partial charge in [-0.25, -0.2) is 8.42 Å². The van der Waals surface area contributed by atoms with Crippen molar-refractivity contribution >= 4 is 33.2 Å². The lowest BCUT2D eigenvalue weighted by Gasteiger charge is -2.20. The molecule has 1 N–H and O–H groups in total. The quantitative estimate of drug-likeness (QED) is 0.681. The molecule has 0 heterocycles. The second-order valence-electron chi connectivity index (χ2n) is 6.38. The molecule has 0 saturated heterocycles. The number of nitrogens with one attached hydrogen (secondary N) is 1. The van der Waals surface area contributed by atoms with Gasteiger partial charge in [0.25, 0.3) is 5.91 Å². The molecule has 2 rings (SSSR count). The number of carbonyl (C=O) groups excluding carboxylic acids is 1. The van der Waals surface area contributed by atoms with Crippen molar-refractivity contribution in [2.24, 2.45) is 0 Å². The maximum atomic E-state index is 12.8. The number of benzene rings is 2. The first kappa shape index (κ1) is 22.2. The Morgan fingerprint density at radius 3 is 2.39 bits per heavy atom. The van der Waals surface area contributed by atoms with Crippen molar-refractivity contribution in [3.63, 3.8) is 0 Å². The number of hydrogen-bond acceptors (Lipinski definition) is 4. The van der Waals surface area contributed by atoms with Gasteiger partial charge in [0.1, 0.15) is 5.75 Å². The molecular weight excluding hydrogens is 400 g/mol. The van der Waals surface area contributed by atoms with E-state index in [2.05, 4.69) is 5.32 Å². The van der Waals surface area contributed by atoms with Crippen molar-refractivity contribution in [1.82, 2.24) is 4.31 Å². The van der Waals surface area contributed by atoms with Gasteiger partial charge in [0.05, 0.1) is 16.7 Å². The Morgan fingerprint density at radius 2 is 1.82 bits per heavy atom. The van der Waals surface area contributed by atoms with Crippen LogP contribution in [0.2, 0.25) is 5.02 Å². The van der Waals surface area contributed by atoms with Crippen molar-refractivity contribution in [1.29, 1.82) is 0 Å². The molecule has 6 nitrogen and oxygen atoms in total. The maximum absolute atomic E-state index is 12.8. The molecule has 0 atom stereocenters. The van der Waals surface area contributed by atoms with Gasteiger partial charge in [0, 0.05) is 23.7 Å². The van der Waals surface area contributed by atoms with E-state index in [9.17, 15) is 13.2 Å². The van der Waals surface area contributed by atoms with Gasteiger partial charge in [-0.3, -0.25) is 4.79 Å². The molecule has 0 aliphatic rings. The van der Waals surface area contributed by atoms with E-state index in [1.165, 1.54) is 22.5 Å². The topological polar surface area (TPSA) is 75.7 Å². The average Bonchev–Trinajstić information content (AvgIpc) is 2.63. The molecule has 8 heteroatoms. The smallest absolute Gasteiger partial charge is 0.255 e. The maximum Gasteiger partial charge on any atom is 0.255 e. The standard InChI is InChI=1S/C20H25ClN2O4S/c1-5-23(6-2)28(25,26)17-10-11-19(27-14(3)4)18(13-17)22-20(24)15-8-7-9-16(21)12-15/h7-14H,5-6H2,1-4H3,(H,22,24). The Hall–Kier alpha value is -2.09. The van der Waals surface area contributed by atoms with Gasteiger partial charge in [-0.05, 0) is 50.2 Å². The molecule has 2 aromatic carbocycles. The summed E-state index contributed by atoms with van der Waals surface area (Å²) in [7, 11) is -3.67. The van der Waals surface area contributed by atoms with Crippen LogP contribution in [0.3, 0.4) is 0 Å². The van der Waals surface area contributed by atoms with Gasteiger partial charge in [-0.15, -0.1) is 0 Å². The largest absolute Gasteiger partial charge is 0.489 e. The van der Waals surface area contributed by atoms with Gasteiger partial charge in [-0.2, -0.15) is 4.31 Å². The van der Waals surface area contributed by atoms with Crippen molar-refractivity contribution in [3.8, 4) is 5.75 Å². The predicted octanol–water partition coefficient (Wildman–Crippen LogP) is 4.41. The molecule has 0 saturated carbocycles. The van der Waals surface area contributed by atoms with Gasteiger partial charge >= 0.3 is 0 Å². The predicted molar refractivity (Wildman–Crippen MR) is 112 cm³/mol. The minimum Gasteiger partial charge on any atom is -0.489 e. The summed E-state index contributed by atoms with van der Waals surface area (Å²) in [5, 5.41) is 3.18. The third kappa shape index (κ3) is 5.25. The van der Waals surface area contributed by atoms with Crippen LogP contribution in [-0.2, 0) is 10.0 Å². The van der Waals surface area contributed by atoms with Crippen molar-refractivity contribution in [3.05, 3.63) is 53.1 Å². The highest BCUT2D eigenvalue weighted by atomic mass is 35.5. The average molecular weight is 425 g/mol. The van der Waals surface area contributed by atoms with Crippen LogP contribution in [0, 0.1) is 0 Å². The number of hydrogen-bond donors (Lipinski definition) is 1. The molecule has 0 bridgehead atoms. The zero-order valence-corrected chi connectivity index (χ0v) is 18.0. The number of anilines is 1. The molecule has 0 spiro atoms. The normalized spacial score (nSPS) is 11.7. The van der Waals surface area contributed by atoms with Gasteiger partial charge in [0.2, 0.25) is 10.0 Å². The van der Waals surface area contributed by atoms with Gasteiger partial charge < -0.3 is 10.1 Å². The third-order valence-electron chi connectivity index (χ3n) is 3.99. The number of amides is 1. The second kappa shape index (κ2) is 9.41. The van der Waals surface area contributed by atoms with Crippen LogP contribution in [0.4, 0.5) is 5.69 Å². The van der Waals surface area contributed by atoms with Crippen LogP contribution < -0.4 is 10.1 Å². The summed E-state index contributed by atoms with van der Waals surface area (Å²) in [4.78, 5) is 12.7. The molecule has 0 radical (unpaired) electrons. The SMILES string of the molecule is CCN(CC)S(=O)(=O)c1ccc(OC(C)C)c(NC(=O)c2cccc(Cl)c2)c1. The van der Waals surface area contributed by atoms with Crippen LogP contribution in [0.5, 0.6) is 5.75 Å². The Balaban J connectivity index is 2.45. The van der Waals surface area contributed by atoms with E-state index in [1.54, 1.807) is 38.1 Å². The number of carbonyl (C=O) groups is 1. The summed E-state index contributed by atoms with van der Waals surface area (Å²) in [6, 6.07) is 11.0. The fourth-order valence-corrected chi connectivity index (χ4v) is 4.34. The van der Waals surface area contributed by atoms with Crippen molar-refractivity contribution in [2.75, 3.05) is 18.4 Å². The van der Waals surface area contributed by atoms with E-state index in [1.807, 2.05) is 13.8 Å². The summed E-state index contributed by atoms with van der Waals surface area (Å²) in [6.07, 6.45) is -0.146. The number of halogens is 1. The molecule has 1 amide bonds. The molecule has 152 valence electrons. The Bertz CT molecular complexity index is 941. The van der Waals surface area contributed by atoms with Crippen molar-refractivity contribution in [2.45, 2.75) is 38.7 Å². The minimum atomic E-state index is -3.67.